The molecule has 0 radical (unpaired) electrons. The minimum absolute atomic E-state index is 0.00302. The van der Waals surface area contributed by atoms with Crippen LogP contribution in [0.15, 0.2) is 30.3 Å². The van der Waals surface area contributed by atoms with Gasteiger partial charge in [0.15, 0.2) is 11.2 Å². The van der Waals surface area contributed by atoms with Crippen molar-refractivity contribution >= 4 is 35.4 Å². The summed E-state index contributed by atoms with van der Waals surface area (Å²) in [6.07, 6.45) is 0.747. The van der Waals surface area contributed by atoms with Gasteiger partial charge in [-0.25, -0.2) is 9.59 Å². The summed E-state index contributed by atoms with van der Waals surface area (Å²) >= 11 is 5.31. The van der Waals surface area contributed by atoms with Crippen LogP contribution in [0.5, 0.6) is 0 Å². The first-order chi connectivity index (χ1) is 14.5. The number of thiocarbonyl (C=S) groups is 1. The molecule has 3 rings (SSSR count). The Labute approximate surface area is 180 Å². The van der Waals surface area contributed by atoms with Crippen LogP contribution in [-0.4, -0.2) is 78.4 Å². The van der Waals surface area contributed by atoms with Crippen LogP contribution in [-0.2, 0) is 30.4 Å². The van der Waals surface area contributed by atoms with Gasteiger partial charge < -0.3 is 24.4 Å². The van der Waals surface area contributed by atoms with E-state index < -0.39 is 24.1 Å². The maximum Gasteiger partial charge on any atom is 0.410 e. The summed E-state index contributed by atoms with van der Waals surface area (Å²) in [4.78, 5) is 39.5. The maximum absolute atomic E-state index is 12.6. The van der Waals surface area contributed by atoms with Crippen LogP contribution >= 0.6 is 12.2 Å². The highest BCUT2D eigenvalue weighted by Gasteiger charge is 2.44. The molecular formula is C20H25N3O6S. The molecule has 2 saturated heterocycles. The fourth-order valence-corrected chi connectivity index (χ4v) is 3.78. The normalized spacial score (nSPS) is 19.2. The lowest BCUT2D eigenvalue weighted by molar-refractivity contribution is -0.150. The van der Waals surface area contributed by atoms with E-state index in [1.54, 1.807) is 0 Å². The van der Waals surface area contributed by atoms with Crippen molar-refractivity contribution in [3.05, 3.63) is 35.9 Å². The predicted octanol–water partition coefficient (Wildman–Crippen LogP) is 1.06. The van der Waals surface area contributed by atoms with Gasteiger partial charge in [0.1, 0.15) is 19.8 Å². The van der Waals surface area contributed by atoms with Crippen molar-refractivity contribution in [1.29, 1.82) is 0 Å². The average molecular weight is 436 g/mol. The monoisotopic (exact) mass is 435 g/mol. The molecule has 1 aromatic carbocycles. The largest absolute Gasteiger partial charge is 0.468 e. The second-order valence-electron chi connectivity index (χ2n) is 7.05. The summed E-state index contributed by atoms with van der Waals surface area (Å²) < 4.78 is 15.1. The first-order valence-electron chi connectivity index (χ1n) is 9.75. The predicted molar refractivity (Wildman–Crippen MR) is 110 cm³/mol. The van der Waals surface area contributed by atoms with Gasteiger partial charge in [0.2, 0.25) is 0 Å². The number of piperidine rings is 1. The zero-order valence-corrected chi connectivity index (χ0v) is 17.6. The summed E-state index contributed by atoms with van der Waals surface area (Å²) in [6, 6.07) is 8.48. The van der Waals surface area contributed by atoms with Gasteiger partial charge in [-0.1, -0.05) is 30.3 Å². The number of benzene rings is 1. The van der Waals surface area contributed by atoms with Gasteiger partial charge in [-0.3, -0.25) is 9.69 Å². The molecule has 10 heteroatoms. The quantitative estimate of drug-likeness (QED) is 0.400. The molecular weight excluding hydrogens is 410 g/mol. The van der Waals surface area contributed by atoms with E-state index in [1.165, 1.54) is 12.0 Å². The Morgan fingerprint density at radius 3 is 2.60 bits per heavy atom. The van der Waals surface area contributed by atoms with Gasteiger partial charge in [0.05, 0.1) is 7.11 Å². The van der Waals surface area contributed by atoms with Gasteiger partial charge in [-0.2, -0.15) is 0 Å². The van der Waals surface area contributed by atoms with Crippen LogP contribution < -0.4 is 5.32 Å². The number of carbonyl (C=O) groups excluding carboxylic acids is 3. The molecule has 0 spiro atoms. The number of esters is 2. The summed E-state index contributed by atoms with van der Waals surface area (Å²) in [6.45, 7) is 1.33. The summed E-state index contributed by atoms with van der Waals surface area (Å²) in [5.74, 6) is -0.869. The highest BCUT2D eigenvalue weighted by molar-refractivity contribution is 7.80. The molecule has 0 saturated carbocycles. The molecule has 2 fully saturated rings. The molecule has 2 heterocycles. The van der Waals surface area contributed by atoms with Crippen molar-refractivity contribution in [2.24, 2.45) is 0 Å². The Morgan fingerprint density at radius 2 is 1.93 bits per heavy atom. The third-order valence-corrected chi connectivity index (χ3v) is 5.57. The van der Waals surface area contributed by atoms with Crippen molar-refractivity contribution in [2.45, 2.75) is 31.5 Å². The molecule has 1 atom stereocenters. The zero-order valence-electron chi connectivity index (χ0n) is 16.7. The Kier molecular flexibility index (Phi) is 7.45. The molecule has 1 unspecified atom stereocenters. The molecule has 1 aromatic rings. The fraction of sp³-hybridized carbons (Fsp3) is 0.500. The average Bonchev–Trinajstić information content (AvgIpc) is 3.17. The van der Waals surface area contributed by atoms with Gasteiger partial charge in [-0.05, 0) is 30.6 Å². The lowest BCUT2D eigenvalue weighted by atomic mass is 10.0. The van der Waals surface area contributed by atoms with Crippen LogP contribution in [0.2, 0.25) is 0 Å². The third kappa shape index (κ3) is 5.38. The van der Waals surface area contributed by atoms with Crippen LogP contribution in [0.3, 0.4) is 0 Å². The van der Waals surface area contributed by atoms with Crippen molar-refractivity contribution in [2.75, 3.05) is 33.4 Å². The van der Waals surface area contributed by atoms with E-state index in [1.807, 2.05) is 35.2 Å². The van der Waals surface area contributed by atoms with Crippen LogP contribution in [0, 0.1) is 0 Å². The Bertz CT molecular complexity index is 782. The van der Waals surface area contributed by atoms with E-state index in [0.29, 0.717) is 31.0 Å². The van der Waals surface area contributed by atoms with Crippen LogP contribution in [0.1, 0.15) is 18.4 Å². The first kappa shape index (κ1) is 21.8. The highest BCUT2D eigenvalue weighted by atomic mass is 32.1. The van der Waals surface area contributed by atoms with Gasteiger partial charge in [-0.15, -0.1) is 0 Å². The van der Waals surface area contributed by atoms with E-state index in [-0.39, 0.29) is 25.8 Å². The number of likely N-dealkylation sites (tertiary alicyclic amines) is 1. The lowest BCUT2D eigenvalue weighted by Gasteiger charge is -2.38. The van der Waals surface area contributed by atoms with Crippen LogP contribution in [0.25, 0.3) is 0 Å². The number of hydrogen-bond acceptors (Lipinski definition) is 7. The Morgan fingerprint density at radius 1 is 1.23 bits per heavy atom. The lowest BCUT2D eigenvalue weighted by Crippen LogP contribution is -2.53. The second kappa shape index (κ2) is 10.2. The number of ether oxygens (including phenoxy) is 3. The molecule has 2 aliphatic rings. The molecule has 30 heavy (non-hydrogen) atoms. The molecule has 0 aromatic heterocycles. The van der Waals surface area contributed by atoms with Gasteiger partial charge in [0.25, 0.3) is 0 Å². The Hall–Kier alpha value is -2.88. The second-order valence-corrected chi connectivity index (χ2v) is 7.43. The summed E-state index contributed by atoms with van der Waals surface area (Å²) in [7, 11) is 1.31. The fourth-order valence-electron chi connectivity index (χ4n) is 3.52. The van der Waals surface area contributed by atoms with E-state index in [4.69, 9.17) is 21.7 Å². The molecule has 2 aliphatic heterocycles. The molecule has 9 nitrogen and oxygen atoms in total. The van der Waals surface area contributed by atoms with Crippen LogP contribution in [0.4, 0.5) is 4.79 Å². The van der Waals surface area contributed by atoms with Gasteiger partial charge >= 0.3 is 18.0 Å². The minimum atomic E-state index is -0.748. The minimum Gasteiger partial charge on any atom is -0.468 e. The summed E-state index contributed by atoms with van der Waals surface area (Å²) in [5, 5.41) is 3.32. The molecule has 1 amide bonds. The molecule has 0 aliphatic carbocycles. The molecule has 0 bridgehead atoms. The zero-order chi connectivity index (χ0) is 21.5. The third-order valence-electron chi connectivity index (χ3n) is 5.16. The van der Waals surface area contributed by atoms with E-state index >= 15 is 0 Å². The topological polar surface area (TPSA) is 97.4 Å². The maximum atomic E-state index is 12.6. The van der Waals surface area contributed by atoms with Crippen molar-refractivity contribution in [3.8, 4) is 0 Å². The number of hydrogen-bond donors (Lipinski definition) is 1. The standard InChI is InChI=1S/C20H25N3O6S/c1-27-17(24)11-21-19(30)22-9-7-15(8-10-22)23-16(13-29-20(23)26)18(25)28-12-14-5-3-2-4-6-14/h2-6,15-16H,7-13H2,1H3,(H,21,30). The van der Waals surface area contributed by atoms with E-state index in [9.17, 15) is 14.4 Å². The summed E-state index contributed by atoms with van der Waals surface area (Å²) in [5.41, 5.74) is 0.879. The number of cyclic esters (lactones) is 1. The van der Waals surface area contributed by atoms with Crippen molar-refractivity contribution in [1.82, 2.24) is 15.1 Å². The van der Waals surface area contributed by atoms with E-state index in [2.05, 4.69) is 10.1 Å². The SMILES string of the molecule is COC(=O)CNC(=S)N1CCC(N2C(=O)OCC2C(=O)OCc2ccccc2)CC1. The van der Waals surface area contributed by atoms with Crippen molar-refractivity contribution < 1.29 is 28.6 Å². The number of methoxy groups -OCH3 is 1. The smallest absolute Gasteiger partial charge is 0.410 e. The number of nitrogens with one attached hydrogen (secondary N) is 1. The number of carbonyl (C=O) groups is 3. The first-order valence-corrected chi connectivity index (χ1v) is 10.2. The number of amides is 1. The number of nitrogens with zero attached hydrogens (tertiary/aromatic N) is 2. The van der Waals surface area contributed by atoms with Crippen molar-refractivity contribution in [3.63, 3.8) is 0 Å². The molecule has 1 N–H and O–H groups in total. The molecule has 162 valence electrons. The Balaban J connectivity index is 1.51. The number of rotatable bonds is 6. The van der Waals surface area contributed by atoms with Gasteiger partial charge in [0, 0.05) is 19.1 Å². The highest BCUT2D eigenvalue weighted by Crippen LogP contribution is 2.25. The van der Waals surface area contributed by atoms with E-state index in [0.717, 1.165) is 5.56 Å².